The first-order chi connectivity index (χ1) is 16.8. The Hall–Kier alpha value is -3.44. The van der Waals surface area contributed by atoms with Crippen LogP contribution in [0, 0.1) is 34.6 Å². The Morgan fingerprint density at radius 1 is 0.886 bits per heavy atom. The van der Waals surface area contributed by atoms with Crippen molar-refractivity contribution in [3.63, 3.8) is 0 Å². The van der Waals surface area contributed by atoms with E-state index in [9.17, 15) is 0 Å². The van der Waals surface area contributed by atoms with Crippen LogP contribution < -0.4 is 5.32 Å². The van der Waals surface area contributed by atoms with Crippen LogP contribution in [0.3, 0.4) is 0 Å². The smallest absolute Gasteiger partial charge is 0.170 e. The molecule has 4 aromatic rings. The van der Waals surface area contributed by atoms with Gasteiger partial charge in [-0.1, -0.05) is 54.1 Å². The van der Waals surface area contributed by atoms with Gasteiger partial charge in [-0.05, 0) is 87.3 Å². The highest BCUT2D eigenvalue weighted by atomic mass is 32.1. The fourth-order valence-corrected chi connectivity index (χ4v) is 5.96. The molecule has 1 aliphatic heterocycles. The Labute approximate surface area is 213 Å². The van der Waals surface area contributed by atoms with E-state index in [-0.39, 0.29) is 12.1 Å². The molecule has 1 aliphatic rings. The molecule has 35 heavy (non-hydrogen) atoms. The molecule has 2 aromatic carbocycles. The zero-order valence-electron chi connectivity index (χ0n) is 21.0. The summed E-state index contributed by atoms with van der Waals surface area (Å²) in [4.78, 5) is 7.04. The number of hydrogen-bond acceptors (Lipinski definition) is 2. The van der Waals surface area contributed by atoms with Gasteiger partial charge in [0.2, 0.25) is 0 Å². The molecule has 0 amide bonds. The van der Waals surface area contributed by atoms with Gasteiger partial charge in [0.25, 0.3) is 0 Å². The monoisotopic (exact) mass is 480 g/mol. The molecule has 1 saturated heterocycles. The highest BCUT2D eigenvalue weighted by molar-refractivity contribution is 7.80. The van der Waals surface area contributed by atoms with Gasteiger partial charge in [-0.2, -0.15) is 0 Å². The van der Waals surface area contributed by atoms with Crippen LogP contribution in [0.5, 0.6) is 0 Å². The van der Waals surface area contributed by atoms with Gasteiger partial charge in [0, 0.05) is 24.1 Å². The maximum atomic E-state index is 5.91. The van der Waals surface area contributed by atoms with E-state index in [0.29, 0.717) is 0 Å². The third-order valence-electron chi connectivity index (χ3n) is 7.04. The van der Waals surface area contributed by atoms with E-state index in [0.717, 1.165) is 17.4 Å². The van der Waals surface area contributed by atoms with Crippen LogP contribution in [0.4, 0.5) is 0 Å². The van der Waals surface area contributed by atoms with Crippen molar-refractivity contribution in [2.45, 2.75) is 53.2 Å². The SMILES string of the molecule is Cc1cc(C)c(-n2c(C)cc([C@H]3[C@@H](c4ccccn4)NC(=S)N3Cc3ccccc3)c2C)c(C)c1. The Morgan fingerprint density at radius 3 is 2.23 bits per heavy atom. The summed E-state index contributed by atoms with van der Waals surface area (Å²) >= 11 is 5.91. The van der Waals surface area contributed by atoms with Crippen LogP contribution in [0.2, 0.25) is 0 Å². The normalized spacial score (nSPS) is 17.6. The van der Waals surface area contributed by atoms with Crippen LogP contribution in [-0.2, 0) is 6.54 Å². The van der Waals surface area contributed by atoms with Crippen molar-refractivity contribution in [1.29, 1.82) is 0 Å². The molecule has 0 aliphatic carbocycles. The summed E-state index contributed by atoms with van der Waals surface area (Å²) in [6.07, 6.45) is 1.86. The first kappa shape index (κ1) is 23.3. The number of pyridine rings is 1. The van der Waals surface area contributed by atoms with Gasteiger partial charge in [-0.3, -0.25) is 4.98 Å². The van der Waals surface area contributed by atoms with Crippen molar-refractivity contribution < 1.29 is 0 Å². The van der Waals surface area contributed by atoms with E-state index in [4.69, 9.17) is 17.2 Å². The van der Waals surface area contributed by atoms with Gasteiger partial charge in [-0.15, -0.1) is 0 Å². The average molecular weight is 481 g/mol. The van der Waals surface area contributed by atoms with Crippen molar-refractivity contribution in [3.8, 4) is 5.69 Å². The highest BCUT2D eigenvalue weighted by Gasteiger charge is 2.41. The molecule has 178 valence electrons. The number of thiocarbonyl (C=S) groups is 1. The lowest BCUT2D eigenvalue weighted by atomic mass is 9.96. The lowest BCUT2D eigenvalue weighted by Crippen LogP contribution is -2.29. The van der Waals surface area contributed by atoms with Crippen LogP contribution in [0.25, 0.3) is 5.69 Å². The zero-order chi connectivity index (χ0) is 24.7. The quantitative estimate of drug-likeness (QED) is 0.327. The summed E-state index contributed by atoms with van der Waals surface area (Å²) in [5.41, 5.74) is 11.1. The Balaban J connectivity index is 1.65. The third kappa shape index (κ3) is 4.25. The molecular formula is C30H32N4S. The van der Waals surface area contributed by atoms with Gasteiger partial charge < -0.3 is 14.8 Å². The second kappa shape index (κ2) is 9.31. The molecule has 5 rings (SSSR count). The number of aryl methyl sites for hydroxylation is 4. The van der Waals surface area contributed by atoms with E-state index in [1.165, 1.54) is 44.9 Å². The van der Waals surface area contributed by atoms with Crippen molar-refractivity contribution >= 4 is 17.3 Å². The molecule has 2 atom stereocenters. The van der Waals surface area contributed by atoms with Gasteiger partial charge in [0.15, 0.2) is 5.11 Å². The number of rotatable bonds is 5. The van der Waals surface area contributed by atoms with E-state index in [2.05, 4.69) is 104 Å². The third-order valence-corrected chi connectivity index (χ3v) is 7.39. The lowest BCUT2D eigenvalue weighted by Gasteiger charge is -2.28. The molecular weight excluding hydrogens is 448 g/mol. The Bertz CT molecular complexity index is 1350. The molecule has 3 heterocycles. The first-order valence-electron chi connectivity index (χ1n) is 12.1. The number of benzene rings is 2. The molecule has 2 aromatic heterocycles. The maximum Gasteiger partial charge on any atom is 0.170 e. The summed E-state index contributed by atoms with van der Waals surface area (Å²) in [6, 6.07) is 23.5. The predicted octanol–water partition coefficient (Wildman–Crippen LogP) is 6.59. The molecule has 0 bridgehead atoms. The summed E-state index contributed by atoms with van der Waals surface area (Å²) in [6.45, 7) is 11.8. The summed E-state index contributed by atoms with van der Waals surface area (Å²) < 4.78 is 2.41. The average Bonchev–Trinajstić information content (AvgIpc) is 3.30. The zero-order valence-corrected chi connectivity index (χ0v) is 21.9. The molecule has 1 fully saturated rings. The number of hydrogen-bond donors (Lipinski definition) is 1. The van der Waals surface area contributed by atoms with Crippen molar-refractivity contribution in [2.75, 3.05) is 0 Å². The maximum absolute atomic E-state index is 5.91. The Kier molecular flexibility index (Phi) is 6.20. The predicted molar refractivity (Wildman–Crippen MR) is 147 cm³/mol. The number of nitrogens with one attached hydrogen (secondary N) is 1. The molecule has 5 heteroatoms. The van der Waals surface area contributed by atoms with Crippen LogP contribution in [0.15, 0.2) is 72.9 Å². The summed E-state index contributed by atoms with van der Waals surface area (Å²) in [5.74, 6) is 0. The molecule has 1 N–H and O–H groups in total. The van der Waals surface area contributed by atoms with Gasteiger partial charge in [0.05, 0.1) is 23.5 Å². The van der Waals surface area contributed by atoms with E-state index in [1.807, 2.05) is 18.3 Å². The highest BCUT2D eigenvalue weighted by Crippen LogP contribution is 2.42. The topological polar surface area (TPSA) is 33.1 Å². The summed E-state index contributed by atoms with van der Waals surface area (Å²) in [5, 5.41) is 4.37. The van der Waals surface area contributed by atoms with Crippen molar-refractivity contribution in [2.24, 2.45) is 0 Å². The van der Waals surface area contributed by atoms with E-state index < -0.39 is 0 Å². The molecule has 4 nitrogen and oxygen atoms in total. The minimum Gasteiger partial charge on any atom is -0.352 e. The van der Waals surface area contributed by atoms with E-state index >= 15 is 0 Å². The van der Waals surface area contributed by atoms with Gasteiger partial charge in [0.1, 0.15) is 0 Å². The molecule has 0 unspecified atom stereocenters. The van der Waals surface area contributed by atoms with Crippen LogP contribution in [-0.4, -0.2) is 19.6 Å². The molecule has 0 radical (unpaired) electrons. The standard InChI is InChI=1S/C30H32N4S/c1-19-15-20(2)28(21(3)16-19)34-22(4)17-25(23(34)5)29-27(26-13-9-10-14-31-26)32-30(35)33(29)18-24-11-7-6-8-12-24/h6-17,27,29H,18H2,1-5H3,(H,32,35)/t27-,29+/m1/s1. The van der Waals surface area contributed by atoms with Gasteiger partial charge >= 0.3 is 0 Å². The second-order valence-corrected chi connectivity index (χ2v) is 10.0. The first-order valence-corrected chi connectivity index (χ1v) is 12.5. The fourth-order valence-electron chi connectivity index (χ4n) is 5.65. The Morgan fingerprint density at radius 2 is 1.57 bits per heavy atom. The molecule has 0 spiro atoms. The van der Waals surface area contributed by atoms with Crippen molar-refractivity contribution in [1.82, 2.24) is 19.8 Å². The van der Waals surface area contributed by atoms with Crippen LogP contribution >= 0.6 is 12.2 Å². The number of aromatic nitrogens is 2. The minimum atomic E-state index is -0.0263. The number of nitrogens with zero attached hydrogens (tertiary/aromatic N) is 3. The molecule has 0 saturated carbocycles. The minimum absolute atomic E-state index is 0.0263. The van der Waals surface area contributed by atoms with Gasteiger partial charge in [-0.25, -0.2) is 0 Å². The van der Waals surface area contributed by atoms with Crippen LogP contribution in [0.1, 0.15) is 57.0 Å². The van der Waals surface area contributed by atoms with E-state index in [1.54, 1.807) is 0 Å². The lowest BCUT2D eigenvalue weighted by molar-refractivity contribution is 0.310. The van der Waals surface area contributed by atoms with Crippen molar-refractivity contribution in [3.05, 3.63) is 118 Å². The fraction of sp³-hybridized carbons (Fsp3) is 0.267. The second-order valence-electron chi connectivity index (χ2n) is 9.65. The summed E-state index contributed by atoms with van der Waals surface area (Å²) in [7, 11) is 0. The largest absolute Gasteiger partial charge is 0.352 e.